The van der Waals surface area contributed by atoms with Crippen LogP contribution in [-0.2, 0) is 6.54 Å². The van der Waals surface area contributed by atoms with Crippen molar-refractivity contribution in [3.63, 3.8) is 0 Å². The van der Waals surface area contributed by atoms with E-state index in [0.717, 1.165) is 36.9 Å². The summed E-state index contributed by atoms with van der Waals surface area (Å²) >= 11 is 0. The first-order valence-electron chi connectivity index (χ1n) is 8.78. The van der Waals surface area contributed by atoms with Gasteiger partial charge in [0.1, 0.15) is 5.82 Å². The van der Waals surface area contributed by atoms with Crippen LogP contribution < -0.4 is 10.2 Å². The number of rotatable bonds is 4. The molecule has 0 aliphatic carbocycles. The van der Waals surface area contributed by atoms with Gasteiger partial charge in [-0.3, -0.25) is 0 Å². The molecule has 0 radical (unpaired) electrons. The van der Waals surface area contributed by atoms with E-state index >= 15 is 0 Å². The minimum atomic E-state index is 0.669. The highest BCUT2D eigenvalue weighted by Gasteiger charge is 2.15. The van der Waals surface area contributed by atoms with E-state index in [1.54, 1.807) is 0 Å². The third kappa shape index (κ3) is 3.61. The average molecular weight is 325 g/mol. The molecule has 0 amide bonds. The third-order valence-corrected chi connectivity index (χ3v) is 4.39. The van der Waals surface area contributed by atoms with Crippen LogP contribution in [-0.4, -0.2) is 49.6 Å². The van der Waals surface area contributed by atoms with Gasteiger partial charge in [0.25, 0.3) is 0 Å². The molecule has 1 N–H and O–H groups in total. The van der Waals surface area contributed by atoms with Gasteiger partial charge in [-0.2, -0.15) is 0 Å². The fraction of sp³-hybridized carbons (Fsp3) is 0.474. The second-order valence-electron chi connectivity index (χ2n) is 6.42. The van der Waals surface area contributed by atoms with Gasteiger partial charge in [0.15, 0.2) is 5.96 Å². The molecule has 3 rings (SSSR count). The lowest BCUT2D eigenvalue weighted by Crippen LogP contribution is -2.39. The number of hydrogen-bond donors (Lipinski definition) is 1. The Balaban J connectivity index is 1.93. The van der Waals surface area contributed by atoms with Gasteiger partial charge in [-0.15, -0.1) is 0 Å². The molecule has 24 heavy (non-hydrogen) atoms. The van der Waals surface area contributed by atoms with Crippen LogP contribution in [0.3, 0.4) is 0 Å². The van der Waals surface area contributed by atoms with E-state index in [9.17, 15) is 0 Å². The number of para-hydroxylation sites is 1. The van der Waals surface area contributed by atoms with Crippen molar-refractivity contribution in [2.45, 2.75) is 26.3 Å². The van der Waals surface area contributed by atoms with Crippen LogP contribution in [0, 0.1) is 0 Å². The molecular weight excluding hydrogens is 298 g/mol. The first-order chi connectivity index (χ1) is 11.7. The fourth-order valence-electron chi connectivity index (χ4n) is 3.11. The van der Waals surface area contributed by atoms with Gasteiger partial charge in [0.05, 0.1) is 12.1 Å². The topological polar surface area (TPSA) is 43.8 Å². The number of benzene rings is 1. The van der Waals surface area contributed by atoms with Crippen molar-refractivity contribution in [1.29, 1.82) is 0 Å². The number of aromatic nitrogens is 1. The highest BCUT2D eigenvalue weighted by molar-refractivity contribution is 5.85. The molecule has 0 spiro atoms. The predicted octanol–water partition coefficient (Wildman–Crippen LogP) is 2.86. The summed E-state index contributed by atoms with van der Waals surface area (Å²) in [4.78, 5) is 14.0. The molecular formula is C19H27N5. The van der Waals surface area contributed by atoms with E-state index < -0.39 is 0 Å². The lowest BCUT2D eigenvalue weighted by molar-refractivity contribution is 0.494. The summed E-state index contributed by atoms with van der Waals surface area (Å²) in [7, 11) is 4.05. The molecule has 1 saturated heterocycles. The second kappa shape index (κ2) is 7.51. The maximum atomic E-state index is 4.90. The lowest BCUT2D eigenvalue weighted by atomic mass is 10.1. The molecule has 1 aromatic carbocycles. The van der Waals surface area contributed by atoms with E-state index in [1.807, 2.05) is 25.1 Å². The summed E-state index contributed by atoms with van der Waals surface area (Å²) in [6.07, 6.45) is 2.51. The predicted molar refractivity (Wildman–Crippen MR) is 102 cm³/mol. The Labute approximate surface area is 144 Å². The maximum absolute atomic E-state index is 4.90. The molecule has 2 aromatic rings. The van der Waals surface area contributed by atoms with Crippen molar-refractivity contribution < 1.29 is 0 Å². The van der Waals surface area contributed by atoms with E-state index in [-0.39, 0.29) is 0 Å². The molecule has 0 atom stereocenters. The summed E-state index contributed by atoms with van der Waals surface area (Å²) in [6.45, 7) is 5.90. The van der Waals surface area contributed by atoms with Crippen LogP contribution in [0.1, 0.15) is 25.3 Å². The van der Waals surface area contributed by atoms with Crippen molar-refractivity contribution in [1.82, 2.24) is 15.2 Å². The number of hydrogen-bond acceptors (Lipinski definition) is 3. The van der Waals surface area contributed by atoms with Crippen LogP contribution >= 0.6 is 0 Å². The Hall–Kier alpha value is -2.30. The molecule has 5 nitrogen and oxygen atoms in total. The number of nitrogens with one attached hydrogen (secondary N) is 1. The zero-order chi connectivity index (χ0) is 16.9. The van der Waals surface area contributed by atoms with Gasteiger partial charge in [-0.1, -0.05) is 18.2 Å². The quantitative estimate of drug-likeness (QED) is 0.693. The van der Waals surface area contributed by atoms with E-state index in [4.69, 9.17) is 9.98 Å². The molecule has 1 aromatic heterocycles. The molecule has 1 fully saturated rings. The SMILES string of the molecule is CCNC(=NCc1cc(N(C)C)nc2ccccc12)N1CCCC1. The number of pyridine rings is 1. The van der Waals surface area contributed by atoms with Crippen LogP contribution in [0.5, 0.6) is 0 Å². The molecule has 128 valence electrons. The number of anilines is 1. The Bertz CT molecular complexity index is 717. The highest BCUT2D eigenvalue weighted by atomic mass is 15.3. The molecule has 2 heterocycles. The summed E-state index contributed by atoms with van der Waals surface area (Å²) < 4.78 is 0. The van der Waals surface area contributed by atoms with Crippen LogP contribution in [0.25, 0.3) is 10.9 Å². The minimum Gasteiger partial charge on any atom is -0.363 e. The fourth-order valence-corrected chi connectivity index (χ4v) is 3.11. The standard InChI is InChI=1S/C19H27N5/c1-4-20-19(24-11-7-8-12-24)21-14-15-13-18(23(2)3)22-17-10-6-5-9-16(15)17/h5-6,9-10,13H,4,7-8,11-12,14H2,1-3H3,(H,20,21). The third-order valence-electron chi connectivity index (χ3n) is 4.39. The normalized spacial score (nSPS) is 15.1. The number of aliphatic imine (C=N–C) groups is 1. The molecule has 0 bridgehead atoms. The Morgan fingerprint density at radius 3 is 2.71 bits per heavy atom. The van der Waals surface area contributed by atoms with Crippen LogP contribution in [0.4, 0.5) is 5.82 Å². The Morgan fingerprint density at radius 2 is 2.00 bits per heavy atom. The largest absolute Gasteiger partial charge is 0.363 e. The van der Waals surface area contributed by atoms with Crippen molar-refractivity contribution in [3.05, 3.63) is 35.9 Å². The van der Waals surface area contributed by atoms with Crippen molar-refractivity contribution in [2.75, 3.05) is 38.6 Å². The first-order valence-corrected chi connectivity index (χ1v) is 8.78. The summed E-state index contributed by atoms with van der Waals surface area (Å²) in [5.74, 6) is 2.01. The van der Waals surface area contributed by atoms with E-state index in [0.29, 0.717) is 6.54 Å². The molecule has 1 aliphatic heterocycles. The van der Waals surface area contributed by atoms with Crippen molar-refractivity contribution >= 4 is 22.7 Å². The zero-order valence-corrected chi connectivity index (χ0v) is 14.9. The van der Waals surface area contributed by atoms with Gasteiger partial charge in [-0.05, 0) is 37.5 Å². The van der Waals surface area contributed by atoms with Crippen molar-refractivity contribution in [3.8, 4) is 0 Å². The molecule has 5 heteroatoms. The zero-order valence-electron chi connectivity index (χ0n) is 14.9. The molecule has 0 unspecified atom stereocenters. The maximum Gasteiger partial charge on any atom is 0.194 e. The Morgan fingerprint density at radius 1 is 1.25 bits per heavy atom. The van der Waals surface area contributed by atoms with Gasteiger partial charge < -0.3 is 15.1 Å². The van der Waals surface area contributed by atoms with E-state index in [1.165, 1.54) is 23.8 Å². The van der Waals surface area contributed by atoms with Crippen molar-refractivity contribution in [2.24, 2.45) is 4.99 Å². The number of guanidine groups is 1. The molecule has 1 aliphatic rings. The van der Waals surface area contributed by atoms with Gasteiger partial charge in [-0.25, -0.2) is 9.98 Å². The van der Waals surface area contributed by atoms with Gasteiger partial charge in [0.2, 0.25) is 0 Å². The number of nitrogens with zero attached hydrogens (tertiary/aromatic N) is 4. The van der Waals surface area contributed by atoms with Crippen LogP contribution in [0.2, 0.25) is 0 Å². The average Bonchev–Trinajstić information content (AvgIpc) is 3.12. The summed E-state index contributed by atoms with van der Waals surface area (Å²) in [5, 5.41) is 4.61. The first kappa shape index (κ1) is 16.6. The summed E-state index contributed by atoms with van der Waals surface area (Å²) in [6, 6.07) is 10.5. The Kier molecular flexibility index (Phi) is 5.18. The van der Waals surface area contributed by atoms with E-state index in [2.05, 4.69) is 41.4 Å². The minimum absolute atomic E-state index is 0.669. The van der Waals surface area contributed by atoms with Gasteiger partial charge >= 0.3 is 0 Å². The van der Waals surface area contributed by atoms with Gasteiger partial charge in [0, 0.05) is 39.1 Å². The number of fused-ring (bicyclic) bond motifs is 1. The summed E-state index contributed by atoms with van der Waals surface area (Å²) in [5.41, 5.74) is 2.25. The highest BCUT2D eigenvalue weighted by Crippen LogP contribution is 2.23. The molecule has 0 saturated carbocycles. The monoisotopic (exact) mass is 325 g/mol. The van der Waals surface area contributed by atoms with Crippen LogP contribution in [0.15, 0.2) is 35.3 Å². The lowest BCUT2D eigenvalue weighted by Gasteiger charge is -2.21. The number of likely N-dealkylation sites (tertiary alicyclic amines) is 1. The second-order valence-corrected chi connectivity index (χ2v) is 6.42. The smallest absolute Gasteiger partial charge is 0.194 e.